The number of amides is 1. The first-order valence-corrected chi connectivity index (χ1v) is 7.59. The summed E-state index contributed by atoms with van der Waals surface area (Å²) in [5.41, 5.74) is 2.09. The van der Waals surface area contributed by atoms with Crippen molar-refractivity contribution in [1.29, 1.82) is 0 Å². The molecule has 1 saturated heterocycles. The van der Waals surface area contributed by atoms with Gasteiger partial charge in [0.25, 0.3) is 0 Å². The summed E-state index contributed by atoms with van der Waals surface area (Å²) in [5.74, 6) is 5.32. The molecule has 0 radical (unpaired) electrons. The van der Waals surface area contributed by atoms with E-state index in [4.69, 9.17) is 5.84 Å². The van der Waals surface area contributed by atoms with Gasteiger partial charge in [-0.25, -0.2) is 14.3 Å². The molecule has 1 rings (SSSR count). The number of nitrogens with zero attached hydrogens (tertiary/aromatic N) is 1. The number of nitrogens with one attached hydrogen (secondary N) is 1. The van der Waals surface area contributed by atoms with E-state index in [0.717, 1.165) is 0 Å². The van der Waals surface area contributed by atoms with E-state index in [1.807, 2.05) is 18.9 Å². The molecular formula is C10H21N3O3S. The summed E-state index contributed by atoms with van der Waals surface area (Å²) in [4.78, 5) is 13.1. The normalized spacial score (nSPS) is 24.8. The molecule has 3 N–H and O–H groups in total. The fraction of sp³-hybridized carbons (Fsp3) is 0.900. The zero-order valence-corrected chi connectivity index (χ0v) is 11.2. The lowest BCUT2D eigenvalue weighted by molar-refractivity contribution is -0.121. The molecule has 7 heteroatoms. The number of hydrogen-bond donors (Lipinski definition) is 2. The molecule has 1 fully saturated rings. The maximum atomic E-state index is 11.4. The van der Waals surface area contributed by atoms with E-state index < -0.39 is 9.84 Å². The van der Waals surface area contributed by atoms with Crippen molar-refractivity contribution in [2.24, 2.45) is 5.84 Å². The van der Waals surface area contributed by atoms with E-state index in [9.17, 15) is 13.2 Å². The fourth-order valence-electron chi connectivity index (χ4n) is 2.07. The lowest BCUT2D eigenvalue weighted by Gasteiger charge is -2.29. The molecule has 17 heavy (non-hydrogen) atoms. The zero-order chi connectivity index (χ0) is 13.1. The predicted molar refractivity (Wildman–Crippen MR) is 65.8 cm³/mol. The second-order valence-corrected chi connectivity index (χ2v) is 6.91. The topological polar surface area (TPSA) is 92.5 Å². The first-order chi connectivity index (χ1) is 7.85. The lowest BCUT2D eigenvalue weighted by Crippen LogP contribution is -2.40. The Balaban J connectivity index is 2.42. The molecule has 2 unspecified atom stereocenters. The monoisotopic (exact) mass is 263 g/mol. The average molecular weight is 263 g/mol. The summed E-state index contributed by atoms with van der Waals surface area (Å²) in [6.07, 6.45) is 1.73. The van der Waals surface area contributed by atoms with E-state index >= 15 is 0 Å². The van der Waals surface area contributed by atoms with E-state index in [-0.39, 0.29) is 29.5 Å². The number of rotatable bonds is 5. The minimum absolute atomic E-state index is 0.0796. The van der Waals surface area contributed by atoms with Crippen LogP contribution < -0.4 is 11.3 Å². The molecule has 1 amide bonds. The SMILES string of the molecule is CC(CCC(=O)NN)N(C)C1CCS(=O)(=O)C1. The van der Waals surface area contributed by atoms with Crippen LogP contribution in [0.15, 0.2) is 0 Å². The molecule has 0 aliphatic carbocycles. The van der Waals surface area contributed by atoms with Crippen molar-refractivity contribution in [2.75, 3.05) is 18.6 Å². The third-order valence-corrected chi connectivity index (χ3v) is 5.18. The minimum Gasteiger partial charge on any atom is -0.300 e. The van der Waals surface area contributed by atoms with Crippen molar-refractivity contribution < 1.29 is 13.2 Å². The Morgan fingerprint density at radius 2 is 2.24 bits per heavy atom. The van der Waals surface area contributed by atoms with Gasteiger partial charge in [-0.05, 0) is 26.8 Å². The molecule has 0 aromatic rings. The van der Waals surface area contributed by atoms with E-state index in [1.54, 1.807) is 0 Å². The van der Waals surface area contributed by atoms with E-state index in [2.05, 4.69) is 5.43 Å². The van der Waals surface area contributed by atoms with Crippen LogP contribution in [0.2, 0.25) is 0 Å². The van der Waals surface area contributed by atoms with Crippen molar-refractivity contribution in [3.05, 3.63) is 0 Å². The van der Waals surface area contributed by atoms with Gasteiger partial charge in [0.05, 0.1) is 11.5 Å². The number of sulfone groups is 1. The maximum Gasteiger partial charge on any atom is 0.233 e. The van der Waals surface area contributed by atoms with Crippen molar-refractivity contribution in [2.45, 2.75) is 38.3 Å². The van der Waals surface area contributed by atoms with Crippen LogP contribution in [0.5, 0.6) is 0 Å². The standard InChI is InChI=1S/C10H21N3O3S/c1-8(3-4-10(14)12-11)13(2)9-5-6-17(15,16)7-9/h8-9H,3-7,11H2,1-2H3,(H,12,14). The molecule has 2 atom stereocenters. The molecule has 0 aromatic carbocycles. The molecule has 6 nitrogen and oxygen atoms in total. The maximum absolute atomic E-state index is 11.4. The van der Waals surface area contributed by atoms with Crippen LogP contribution in [0, 0.1) is 0 Å². The first-order valence-electron chi connectivity index (χ1n) is 5.77. The van der Waals surface area contributed by atoms with Crippen LogP contribution in [0.4, 0.5) is 0 Å². The highest BCUT2D eigenvalue weighted by molar-refractivity contribution is 7.91. The Bertz CT molecular complexity index is 369. The summed E-state index contributed by atoms with van der Waals surface area (Å²) in [6.45, 7) is 1.99. The summed E-state index contributed by atoms with van der Waals surface area (Å²) in [5, 5.41) is 0. The van der Waals surface area contributed by atoms with Crippen molar-refractivity contribution >= 4 is 15.7 Å². The van der Waals surface area contributed by atoms with Gasteiger partial charge in [0, 0.05) is 18.5 Å². The van der Waals surface area contributed by atoms with Crippen LogP contribution >= 0.6 is 0 Å². The fourth-order valence-corrected chi connectivity index (χ4v) is 3.86. The molecule has 0 spiro atoms. The van der Waals surface area contributed by atoms with Gasteiger partial charge in [-0.1, -0.05) is 0 Å². The molecule has 1 aliphatic rings. The summed E-state index contributed by atoms with van der Waals surface area (Å²) < 4.78 is 22.7. The smallest absolute Gasteiger partial charge is 0.233 e. The van der Waals surface area contributed by atoms with Gasteiger partial charge in [0.15, 0.2) is 9.84 Å². The number of nitrogens with two attached hydrogens (primary N) is 1. The van der Waals surface area contributed by atoms with Crippen LogP contribution in [0.25, 0.3) is 0 Å². The van der Waals surface area contributed by atoms with Gasteiger partial charge in [-0.2, -0.15) is 0 Å². The summed E-state index contributed by atoms with van der Waals surface area (Å²) in [6, 6.07) is 0.251. The first kappa shape index (κ1) is 14.4. The highest BCUT2D eigenvalue weighted by atomic mass is 32.2. The van der Waals surface area contributed by atoms with Crippen molar-refractivity contribution in [3.63, 3.8) is 0 Å². The van der Waals surface area contributed by atoms with Crippen LogP contribution in [0.1, 0.15) is 26.2 Å². The highest BCUT2D eigenvalue weighted by Gasteiger charge is 2.32. The number of hydrazine groups is 1. The molecular weight excluding hydrogens is 242 g/mol. The Morgan fingerprint density at radius 1 is 1.59 bits per heavy atom. The minimum atomic E-state index is -2.85. The van der Waals surface area contributed by atoms with Gasteiger partial charge in [0.2, 0.25) is 5.91 Å². The molecule has 100 valence electrons. The number of carbonyl (C=O) groups is 1. The second kappa shape index (κ2) is 5.79. The Morgan fingerprint density at radius 3 is 2.71 bits per heavy atom. The third-order valence-electron chi connectivity index (χ3n) is 3.43. The van der Waals surface area contributed by atoms with Crippen LogP contribution in [-0.4, -0.2) is 49.9 Å². The average Bonchev–Trinajstić information content (AvgIpc) is 2.64. The van der Waals surface area contributed by atoms with Gasteiger partial charge in [-0.3, -0.25) is 15.1 Å². The van der Waals surface area contributed by atoms with Crippen LogP contribution in [0.3, 0.4) is 0 Å². The predicted octanol–water partition coefficient (Wildman–Crippen LogP) is -0.736. The van der Waals surface area contributed by atoms with E-state index in [0.29, 0.717) is 19.3 Å². The molecule has 1 heterocycles. The molecule has 1 aliphatic heterocycles. The van der Waals surface area contributed by atoms with Crippen molar-refractivity contribution in [3.8, 4) is 0 Å². The second-order valence-electron chi connectivity index (χ2n) is 4.68. The zero-order valence-electron chi connectivity index (χ0n) is 10.3. The summed E-state index contributed by atoms with van der Waals surface area (Å²) >= 11 is 0. The van der Waals surface area contributed by atoms with Crippen LogP contribution in [-0.2, 0) is 14.6 Å². The van der Waals surface area contributed by atoms with Gasteiger partial charge in [0.1, 0.15) is 0 Å². The summed E-state index contributed by atoms with van der Waals surface area (Å²) in [7, 11) is -0.938. The number of carbonyl (C=O) groups excluding carboxylic acids is 1. The Hall–Kier alpha value is -0.660. The quantitative estimate of drug-likeness (QED) is 0.387. The van der Waals surface area contributed by atoms with Gasteiger partial charge >= 0.3 is 0 Å². The molecule has 0 aromatic heterocycles. The lowest BCUT2D eigenvalue weighted by atomic mass is 10.1. The van der Waals surface area contributed by atoms with Gasteiger partial charge < -0.3 is 0 Å². The van der Waals surface area contributed by atoms with E-state index in [1.165, 1.54) is 0 Å². The van der Waals surface area contributed by atoms with Gasteiger partial charge in [-0.15, -0.1) is 0 Å². The largest absolute Gasteiger partial charge is 0.300 e. The third kappa shape index (κ3) is 4.25. The Labute approximate surface area is 102 Å². The molecule has 0 saturated carbocycles. The van der Waals surface area contributed by atoms with Crippen molar-refractivity contribution in [1.82, 2.24) is 10.3 Å². The molecule has 0 bridgehead atoms. The highest BCUT2D eigenvalue weighted by Crippen LogP contribution is 2.19. The Kier molecular flexibility index (Phi) is 4.91. The number of hydrogen-bond acceptors (Lipinski definition) is 5.